The SMILES string of the molecule is CCCCOc1ccc(OCC(=O)N/N=C\c2ccc(OC(=O)c3ccc(Cl)cc3Cl)c(OCC)c2)cc1. The zero-order valence-electron chi connectivity index (χ0n) is 21.0. The van der Waals surface area contributed by atoms with Crippen molar-refractivity contribution < 1.29 is 28.5 Å². The Balaban J connectivity index is 1.53. The van der Waals surface area contributed by atoms with Crippen LogP contribution in [0.1, 0.15) is 42.6 Å². The van der Waals surface area contributed by atoms with Crippen LogP contribution in [0.2, 0.25) is 10.0 Å². The number of halogens is 2. The maximum atomic E-state index is 12.6. The maximum absolute atomic E-state index is 12.6. The Morgan fingerprint density at radius 3 is 2.32 bits per heavy atom. The van der Waals surface area contributed by atoms with Gasteiger partial charge in [-0.2, -0.15) is 5.10 Å². The van der Waals surface area contributed by atoms with Crippen molar-refractivity contribution in [1.82, 2.24) is 5.43 Å². The minimum atomic E-state index is -0.653. The van der Waals surface area contributed by atoms with Gasteiger partial charge in [0.2, 0.25) is 0 Å². The lowest BCUT2D eigenvalue weighted by Gasteiger charge is -2.12. The third-order valence-electron chi connectivity index (χ3n) is 4.98. The molecule has 10 heteroatoms. The molecule has 0 saturated heterocycles. The van der Waals surface area contributed by atoms with Gasteiger partial charge in [-0.1, -0.05) is 36.5 Å². The van der Waals surface area contributed by atoms with Crippen molar-refractivity contribution in [2.75, 3.05) is 19.8 Å². The van der Waals surface area contributed by atoms with Gasteiger partial charge in [-0.05, 0) is 79.6 Å². The summed E-state index contributed by atoms with van der Waals surface area (Å²) >= 11 is 12.0. The van der Waals surface area contributed by atoms with E-state index in [1.807, 2.05) is 0 Å². The second-order valence-electron chi connectivity index (χ2n) is 7.91. The van der Waals surface area contributed by atoms with E-state index in [1.54, 1.807) is 55.5 Å². The number of unbranched alkanes of at least 4 members (excludes halogenated alkanes) is 1. The molecule has 0 aliphatic rings. The van der Waals surface area contributed by atoms with Gasteiger partial charge in [-0.15, -0.1) is 0 Å². The summed E-state index contributed by atoms with van der Waals surface area (Å²) in [5.41, 5.74) is 3.19. The first-order valence-corrected chi connectivity index (χ1v) is 12.8. The van der Waals surface area contributed by atoms with E-state index >= 15 is 0 Å². The Morgan fingerprint density at radius 2 is 1.63 bits per heavy atom. The standard InChI is InChI=1S/C28H28Cl2N2O6/c1-3-5-14-36-21-8-10-22(11-9-21)37-18-27(33)32-31-17-19-6-13-25(26(15-19)35-4-2)38-28(34)23-12-7-20(29)16-24(23)30/h6-13,15-17H,3-5,14,18H2,1-2H3,(H,32,33)/b31-17-. The summed E-state index contributed by atoms with van der Waals surface area (Å²) in [6.45, 7) is 4.70. The number of ether oxygens (including phenoxy) is 4. The number of nitrogens with one attached hydrogen (secondary N) is 1. The monoisotopic (exact) mass is 558 g/mol. The summed E-state index contributed by atoms with van der Waals surface area (Å²) in [7, 11) is 0. The van der Waals surface area contributed by atoms with Crippen molar-refractivity contribution in [2.45, 2.75) is 26.7 Å². The second kappa shape index (κ2) is 14.9. The average molecular weight is 559 g/mol. The van der Waals surface area contributed by atoms with E-state index in [0.29, 0.717) is 35.3 Å². The summed E-state index contributed by atoms with van der Waals surface area (Å²) in [5, 5.41) is 4.54. The van der Waals surface area contributed by atoms with E-state index in [4.69, 9.17) is 42.1 Å². The molecule has 0 heterocycles. The van der Waals surface area contributed by atoms with Crippen LogP contribution < -0.4 is 24.4 Å². The van der Waals surface area contributed by atoms with Crippen LogP contribution in [0.5, 0.6) is 23.0 Å². The van der Waals surface area contributed by atoms with E-state index in [1.165, 1.54) is 18.3 Å². The highest BCUT2D eigenvalue weighted by Gasteiger charge is 2.16. The first-order chi connectivity index (χ1) is 18.4. The quantitative estimate of drug-likeness (QED) is 0.0866. The molecule has 1 N–H and O–H groups in total. The Morgan fingerprint density at radius 1 is 0.895 bits per heavy atom. The van der Waals surface area contributed by atoms with Gasteiger partial charge >= 0.3 is 5.97 Å². The molecule has 8 nitrogen and oxygen atoms in total. The molecule has 0 atom stereocenters. The highest BCUT2D eigenvalue weighted by Crippen LogP contribution is 2.30. The van der Waals surface area contributed by atoms with Gasteiger partial charge in [-0.25, -0.2) is 10.2 Å². The van der Waals surface area contributed by atoms with E-state index in [-0.39, 0.29) is 22.9 Å². The van der Waals surface area contributed by atoms with E-state index < -0.39 is 11.9 Å². The van der Waals surface area contributed by atoms with Crippen LogP contribution in [0.15, 0.2) is 65.8 Å². The second-order valence-corrected chi connectivity index (χ2v) is 8.75. The molecular formula is C28H28Cl2N2O6. The lowest BCUT2D eigenvalue weighted by molar-refractivity contribution is -0.123. The van der Waals surface area contributed by atoms with Crippen molar-refractivity contribution >= 4 is 41.3 Å². The lowest BCUT2D eigenvalue weighted by atomic mass is 10.2. The van der Waals surface area contributed by atoms with Crippen molar-refractivity contribution in [1.29, 1.82) is 0 Å². The molecule has 38 heavy (non-hydrogen) atoms. The molecule has 1 amide bonds. The topological polar surface area (TPSA) is 95.5 Å². The third kappa shape index (κ3) is 8.97. The van der Waals surface area contributed by atoms with Gasteiger partial charge in [-0.3, -0.25) is 4.79 Å². The highest BCUT2D eigenvalue weighted by molar-refractivity contribution is 6.36. The molecule has 0 aliphatic carbocycles. The molecule has 0 spiro atoms. The first-order valence-electron chi connectivity index (χ1n) is 12.0. The van der Waals surface area contributed by atoms with Crippen LogP contribution in [0.4, 0.5) is 0 Å². The number of hydrazone groups is 1. The summed E-state index contributed by atoms with van der Waals surface area (Å²) in [4.78, 5) is 24.7. The number of carbonyl (C=O) groups excluding carboxylic acids is 2. The fraction of sp³-hybridized carbons (Fsp3) is 0.250. The van der Waals surface area contributed by atoms with Crippen LogP contribution in [0, 0.1) is 0 Å². The van der Waals surface area contributed by atoms with Crippen LogP contribution in [0.3, 0.4) is 0 Å². The van der Waals surface area contributed by atoms with Crippen molar-refractivity contribution in [2.24, 2.45) is 5.10 Å². The third-order valence-corrected chi connectivity index (χ3v) is 5.53. The molecule has 0 fully saturated rings. The highest BCUT2D eigenvalue weighted by atomic mass is 35.5. The van der Waals surface area contributed by atoms with Crippen molar-refractivity contribution in [3.63, 3.8) is 0 Å². The fourth-order valence-electron chi connectivity index (χ4n) is 3.09. The van der Waals surface area contributed by atoms with Crippen LogP contribution in [0.25, 0.3) is 0 Å². The number of hydrogen-bond acceptors (Lipinski definition) is 7. The molecule has 3 rings (SSSR count). The van der Waals surface area contributed by atoms with Crippen LogP contribution >= 0.6 is 23.2 Å². The number of esters is 1. The van der Waals surface area contributed by atoms with Gasteiger partial charge in [0, 0.05) is 5.02 Å². The summed E-state index contributed by atoms with van der Waals surface area (Å²) in [6.07, 6.45) is 3.49. The maximum Gasteiger partial charge on any atom is 0.345 e. The normalized spacial score (nSPS) is 10.7. The molecule has 0 unspecified atom stereocenters. The number of benzene rings is 3. The number of rotatable bonds is 13. The Bertz CT molecular complexity index is 1260. The zero-order valence-corrected chi connectivity index (χ0v) is 22.6. The smallest absolute Gasteiger partial charge is 0.345 e. The molecule has 0 aliphatic heterocycles. The lowest BCUT2D eigenvalue weighted by Crippen LogP contribution is -2.24. The van der Waals surface area contributed by atoms with Gasteiger partial charge in [0.1, 0.15) is 11.5 Å². The largest absolute Gasteiger partial charge is 0.494 e. The number of nitrogens with zero attached hydrogens (tertiary/aromatic N) is 1. The van der Waals surface area contributed by atoms with Gasteiger partial charge in [0.15, 0.2) is 18.1 Å². The predicted molar refractivity (Wildman–Crippen MR) is 147 cm³/mol. The number of hydrogen-bond donors (Lipinski definition) is 1. The van der Waals surface area contributed by atoms with Gasteiger partial charge in [0.25, 0.3) is 5.91 Å². The minimum Gasteiger partial charge on any atom is -0.494 e. The molecule has 3 aromatic rings. The van der Waals surface area contributed by atoms with E-state index in [2.05, 4.69) is 17.5 Å². The van der Waals surface area contributed by atoms with Gasteiger partial charge < -0.3 is 18.9 Å². The predicted octanol–water partition coefficient (Wildman–Crippen LogP) is 6.32. The van der Waals surface area contributed by atoms with E-state index in [0.717, 1.165) is 18.6 Å². The number of carbonyl (C=O) groups is 2. The van der Waals surface area contributed by atoms with Crippen LogP contribution in [-0.2, 0) is 4.79 Å². The summed E-state index contributed by atoms with van der Waals surface area (Å²) < 4.78 is 22.2. The zero-order chi connectivity index (χ0) is 27.3. The van der Waals surface area contributed by atoms with E-state index in [9.17, 15) is 9.59 Å². The summed E-state index contributed by atoms with van der Waals surface area (Å²) in [5.74, 6) is 0.741. The summed E-state index contributed by atoms with van der Waals surface area (Å²) in [6, 6.07) is 16.4. The van der Waals surface area contributed by atoms with Crippen LogP contribution in [-0.4, -0.2) is 37.9 Å². The molecule has 0 bridgehead atoms. The van der Waals surface area contributed by atoms with Gasteiger partial charge in [0.05, 0.1) is 30.0 Å². The van der Waals surface area contributed by atoms with Crippen molar-refractivity contribution in [3.8, 4) is 23.0 Å². The Labute approximate surface area is 231 Å². The number of amides is 1. The molecular weight excluding hydrogens is 531 g/mol. The molecule has 200 valence electrons. The Hall–Kier alpha value is -3.75. The molecule has 0 radical (unpaired) electrons. The minimum absolute atomic E-state index is 0.172. The fourth-order valence-corrected chi connectivity index (χ4v) is 3.58. The molecule has 3 aromatic carbocycles. The average Bonchev–Trinajstić information content (AvgIpc) is 2.90. The first kappa shape index (κ1) is 28.8. The van der Waals surface area contributed by atoms with Crippen molar-refractivity contribution in [3.05, 3.63) is 81.8 Å². The molecule has 0 aromatic heterocycles. The Kier molecular flexibility index (Phi) is 11.3. The molecule has 0 saturated carbocycles.